The molecule has 2 atom stereocenters. The summed E-state index contributed by atoms with van der Waals surface area (Å²) in [6.07, 6.45) is 2.91. The van der Waals surface area contributed by atoms with Crippen molar-refractivity contribution in [3.05, 3.63) is 53.1 Å². The van der Waals surface area contributed by atoms with Crippen molar-refractivity contribution in [2.24, 2.45) is 0 Å². The molecule has 30 heavy (non-hydrogen) atoms. The summed E-state index contributed by atoms with van der Waals surface area (Å²) < 4.78 is 0. The van der Waals surface area contributed by atoms with Gasteiger partial charge in [-0.05, 0) is 54.5 Å². The molecule has 0 bridgehead atoms. The highest BCUT2D eigenvalue weighted by atomic mass is 35.5. The van der Waals surface area contributed by atoms with Crippen LogP contribution >= 0.6 is 23.4 Å². The van der Waals surface area contributed by atoms with Crippen LogP contribution in [0, 0.1) is 0 Å². The molecule has 8 heteroatoms. The van der Waals surface area contributed by atoms with E-state index in [4.69, 9.17) is 11.6 Å². The molecular weight excluding hydrogens is 422 g/mol. The van der Waals surface area contributed by atoms with E-state index in [0.29, 0.717) is 41.4 Å². The van der Waals surface area contributed by atoms with E-state index in [-0.39, 0.29) is 23.8 Å². The van der Waals surface area contributed by atoms with Gasteiger partial charge >= 0.3 is 0 Å². The van der Waals surface area contributed by atoms with Gasteiger partial charge in [-0.3, -0.25) is 14.4 Å². The first kappa shape index (κ1) is 20.8. The van der Waals surface area contributed by atoms with Gasteiger partial charge in [0.1, 0.15) is 6.04 Å². The Morgan fingerprint density at radius 3 is 2.67 bits per heavy atom. The van der Waals surface area contributed by atoms with Gasteiger partial charge in [0.15, 0.2) is 0 Å². The standard InChI is InChI=1S/C22H22ClN3O3S/c1-30-12-20(27)24-16-8-9-26-19(11-16)21(28)25-18-7-4-14(10-17(18)22(26)29)13-2-5-15(23)6-3-13/h2-7,10,16,19H,8-9,11-12H2,1H3,(H,24,27)(H,25,28)/t16-,19-/m0/s1. The lowest BCUT2D eigenvalue weighted by atomic mass is 9.96. The fourth-order valence-corrected chi connectivity index (χ4v) is 4.48. The number of carbonyl (C=O) groups is 3. The van der Waals surface area contributed by atoms with Crippen molar-refractivity contribution in [3.63, 3.8) is 0 Å². The van der Waals surface area contributed by atoms with E-state index in [2.05, 4.69) is 10.6 Å². The summed E-state index contributed by atoms with van der Waals surface area (Å²) in [4.78, 5) is 39.7. The molecule has 3 amide bonds. The van der Waals surface area contributed by atoms with Gasteiger partial charge in [-0.25, -0.2) is 0 Å². The Balaban J connectivity index is 1.59. The number of carbonyl (C=O) groups excluding carboxylic acids is 3. The first-order valence-electron chi connectivity index (χ1n) is 9.76. The number of hydrogen-bond acceptors (Lipinski definition) is 4. The zero-order valence-electron chi connectivity index (χ0n) is 16.5. The second kappa shape index (κ2) is 8.70. The summed E-state index contributed by atoms with van der Waals surface area (Å²) in [5.41, 5.74) is 2.81. The number of nitrogens with zero attached hydrogens (tertiary/aromatic N) is 1. The lowest BCUT2D eigenvalue weighted by Crippen LogP contribution is -2.55. The van der Waals surface area contributed by atoms with Gasteiger partial charge in [-0.1, -0.05) is 29.8 Å². The zero-order valence-corrected chi connectivity index (χ0v) is 18.1. The summed E-state index contributed by atoms with van der Waals surface area (Å²) in [5, 5.41) is 6.52. The highest BCUT2D eigenvalue weighted by Crippen LogP contribution is 2.32. The third-order valence-corrected chi connectivity index (χ3v) is 6.29. The Kier molecular flexibility index (Phi) is 6.01. The second-order valence-electron chi connectivity index (χ2n) is 7.49. The van der Waals surface area contributed by atoms with Crippen LogP contribution in [0.5, 0.6) is 0 Å². The zero-order chi connectivity index (χ0) is 21.3. The molecule has 0 saturated carbocycles. The maximum Gasteiger partial charge on any atom is 0.256 e. The fraction of sp³-hybridized carbons (Fsp3) is 0.318. The van der Waals surface area contributed by atoms with Gasteiger partial charge in [0, 0.05) is 17.6 Å². The number of piperidine rings is 1. The summed E-state index contributed by atoms with van der Waals surface area (Å²) in [6.45, 7) is 0.422. The molecule has 156 valence electrons. The predicted octanol–water partition coefficient (Wildman–Crippen LogP) is 3.41. The third kappa shape index (κ3) is 4.18. The van der Waals surface area contributed by atoms with E-state index in [1.54, 1.807) is 23.1 Å². The molecule has 2 aliphatic rings. The van der Waals surface area contributed by atoms with Crippen molar-refractivity contribution < 1.29 is 14.4 Å². The molecule has 0 unspecified atom stereocenters. The number of fused-ring (bicyclic) bond motifs is 2. The SMILES string of the molecule is CSCC(=O)N[C@H]1CCN2C(=O)c3cc(-c4ccc(Cl)cc4)ccc3NC(=O)[C@@H]2C1. The van der Waals surface area contributed by atoms with E-state index >= 15 is 0 Å². The third-order valence-electron chi connectivity index (χ3n) is 5.49. The molecule has 0 aliphatic carbocycles. The van der Waals surface area contributed by atoms with Crippen LogP contribution in [0.2, 0.25) is 5.02 Å². The number of rotatable bonds is 4. The topological polar surface area (TPSA) is 78.5 Å². The van der Waals surface area contributed by atoms with Crippen LogP contribution in [0.15, 0.2) is 42.5 Å². The van der Waals surface area contributed by atoms with Crippen LogP contribution in [-0.2, 0) is 9.59 Å². The molecule has 2 N–H and O–H groups in total. The Morgan fingerprint density at radius 1 is 1.20 bits per heavy atom. The summed E-state index contributed by atoms with van der Waals surface area (Å²) in [7, 11) is 0. The highest BCUT2D eigenvalue weighted by Gasteiger charge is 2.40. The lowest BCUT2D eigenvalue weighted by molar-refractivity contribution is -0.123. The van der Waals surface area contributed by atoms with Crippen molar-refractivity contribution in [2.75, 3.05) is 23.9 Å². The van der Waals surface area contributed by atoms with Crippen LogP contribution in [0.3, 0.4) is 0 Å². The van der Waals surface area contributed by atoms with Crippen molar-refractivity contribution in [2.45, 2.75) is 24.9 Å². The van der Waals surface area contributed by atoms with Crippen molar-refractivity contribution >= 4 is 46.8 Å². The number of benzene rings is 2. The number of anilines is 1. The Hall–Kier alpha value is -2.51. The van der Waals surface area contributed by atoms with E-state index in [1.165, 1.54) is 11.8 Å². The Morgan fingerprint density at radius 2 is 1.93 bits per heavy atom. The van der Waals surface area contributed by atoms with Crippen LogP contribution in [0.4, 0.5) is 5.69 Å². The monoisotopic (exact) mass is 443 g/mol. The molecule has 2 aromatic carbocycles. The van der Waals surface area contributed by atoms with Gasteiger partial charge in [-0.2, -0.15) is 11.8 Å². The summed E-state index contributed by atoms with van der Waals surface area (Å²) in [6, 6.07) is 12.2. The average Bonchev–Trinajstić information content (AvgIpc) is 2.83. The van der Waals surface area contributed by atoms with E-state index in [0.717, 1.165) is 11.1 Å². The minimum Gasteiger partial charge on any atom is -0.352 e. The number of hydrogen-bond donors (Lipinski definition) is 2. The normalized spacial score (nSPS) is 20.7. The first-order valence-corrected chi connectivity index (χ1v) is 11.5. The largest absolute Gasteiger partial charge is 0.352 e. The van der Waals surface area contributed by atoms with Crippen LogP contribution in [-0.4, -0.2) is 53.3 Å². The second-order valence-corrected chi connectivity index (χ2v) is 8.80. The van der Waals surface area contributed by atoms with Gasteiger partial charge in [0.25, 0.3) is 5.91 Å². The van der Waals surface area contributed by atoms with E-state index < -0.39 is 6.04 Å². The van der Waals surface area contributed by atoms with Crippen LogP contribution < -0.4 is 10.6 Å². The maximum absolute atomic E-state index is 13.3. The smallest absolute Gasteiger partial charge is 0.256 e. The number of halogens is 1. The van der Waals surface area contributed by atoms with Crippen LogP contribution in [0.1, 0.15) is 23.2 Å². The molecule has 2 aliphatic heterocycles. The van der Waals surface area contributed by atoms with Gasteiger partial charge in [-0.15, -0.1) is 0 Å². The fourth-order valence-electron chi connectivity index (χ4n) is 4.01. The quantitative estimate of drug-likeness (QED) is 0.759. The van der Waals surface area contributed by atoms with Crippen molar-refractivity contribution in [1.29, 1.82) is 0 Å². The number of thioether (sulfide) groups is 1. The lowest BCUT2D eigenvalue weighted by Gasteiger charge is -2.37. The van der Waals surface area contributed by atoms with E-state index in [1.807, 2.05) is 30.5 Å². The van der Waals surface area contributed by atoms with Crippen LogP contribution in [0.25, 0.3) is 11.1 Å². The molecule has 2 heterocycles. The van der Waals surface area contributed by atoms with Gasteiger partial charge < -0.3 is 15.5 Å². The Bertz CT molecular complexity index is 996. The molecule has 1 fully saturated rings. The predicted molar refractivity (Wildman–Crippen MR) is 120 cm³/mol. The number of nitrogens with one attached hydrogen (secondary N) is 2. The maximum atomic E-state index is 13.3. The molecule has 1 saturated heterocycles. The molecule has 6 nitrogen and oxygen atoms in total. The van der Waals surface area contributed by atoms with E-state index in [9.17, 15) is 14.4 Å². The molecule has 0 radical (unpaired) electrons. The molecule has 0 aromatic heterocycles. The van der Waals surface area contributed by atoms with Gasteiger partial charge in [0.2, 0.25) is 11.8 Å². The molecule has 2 aromatic rings. The summed E-state index contributed by atoms with van der Waals surface area (Å²) >= 11 is 7.43. The molecule has 0 spiro atoms. The first-order chi connectivity index (χ1) is 14.5. The Labute approximate surface area is 184 Å². The van der Waals surface area contributed by atoms with Crippen molar-refractivity contribution in [3.8, 4) is 11.1 Å². The average molecular weight is 444 g/mol. The minimum absolute atomic E-state index is 0.0443. The van der Waals surface area contributed by atoms with Crippen molar-refractivity contribution in [1.82, 2.24) is 10.2 Å². The summed E-state index contributed by atoms with van der Waals surface area (Å²) in [5.74, 6) is -0.0463. The minimum atomic E-state index is -0.600. The highest BCUT2D eigenvalue weighted by molar-refractivity contribution is 7.99. The van der Waals surface area contributed by atoms with Gasteiger partial charge in [0.05, 0.1) is 17.0 Å². The number of amides is 3. The molecule has 4 rings (SSSR count). The molecular formula is C22H22ClN3O3S.